The van der Waals surface area contributed by atoms with E-state index in [1.54, 1.807) is 12.4 Å². The number of aryl methyl sites for hydroxylation is 2. The van der Waals surface area contributed by atoms with Crippen LogP contribution in [0.2, 0.25) is 0 Å². The molecule has 1 spiro atoms. The number of urea groups is 1. The first kappa shape index (κ1) is 22.2. The van der Waals surface area contributed by atoms with Gasteiger partial charge in [0.2, 0.25) is 0 Å². The highest BCUT2D eigenvalue weighted by Gasteiger charge is 2.46. The Balaban J connectivity index is 1.38. The van der Waals surface area contributed by atoms with Crippen molar-refractivity contribution in [2.45, 2.75) is 51.7 Å². The van der Waals surface area contributed by atoms with Gasteiger partial charge in [0, 0.05) is 55.2 Å². The summed E-state index contributed by atoms with van der Waals surface area (Å²) < 4.78 is 8.22. The van der Waals surface area contributed by atoms with Crippen LogP contribution in [0.3, 0.4) is 0 Å². The zero-order chi connectivity index (χ0) is 23.9. The lowest BCUT2D eigenvalue weighted by atomic mass is 9.82. The molecule has 0 aromatic carbocycles. The summed E-state index contributed by atoms with van der Waals surface area (Å²) in [5.74, 6) is 0.847. The third-order valence-corrected chi connectivity index (χ3v) is 6.93. The Morgan fingerprint density at radius 2 is 2.09 bits per heavy atom. The lowest BCUT2D eigenvalue weighted by molar-refractivity contribution is 0.206. The standard InChI is InChI=1S/C25H31N7O2/c1-4-27-24(33)31-9-6-25(15-31)7-10-32-22(25)13-20(30-32)18-12-21(23(26)29-14-18)34-17(3)19-11-16(2)5-8-28-19/h5,8,11-14,17H,4,6-7,9-10,15H2,1-3H3,(H2,26,29)(H,27,33)/t17?,25-/m1/s1. The van der Waals surface area contributed by atoms with E-state index in [0.29, 0.717) is 18.1 Å². The number of ether oxygens (including phenoxy) is 1. The monoisotopic (exact) mass is 461 g/mol. The number of hydrogen-bond acceptors (Lipinski definition) is 6. The van der Waals surface area contributed by atoms with Crippen molar-refractivity contribution in [3.05, 3.63) is 53.6 Å². The van der Waals surface area contributed by atoms with Gasteiger partial charge < -0.3 is 20.7 Å². The maximum atomic E-state index is 12.4. The van der Waals surface area contributed by atoms with Gasteiger partial charge in [0.25, 0.3) is 0 Å². The first-order valence-electron chi connectivity index (χ1n) is 11.8. The number of pyridine rings is 2. The normalized spacial score (nSPS) is 19.9. The van der Waals surface area contributed by atoms with Crippen LogP contribution in [-0.2, 0) is 12.0 Å². The second kappa shape index (κ2) is 8.62. The predicted molar refractivity (Wildman–Crippen MR) is 129 cm³/mol. The number of amides is 2. The van der Waals surface area contributed by atoms with Gasteiger partial charge in [0.05, 0.1) is 11.4 Å². The molecule has 0 saturated carbocycles. The molecule has 5 heterocycles. The molecule has 1 unspecified atom stereocenters. The summed E-state index contributed by atoms with van der Waals surface area (Å²) in [5.41, 5.74) is 10.9. The molecule has 2 amide bonds. The van der Waals surface area contributed by atoms with Crippen LogP contribution in [0, 0.1) is 6.92 Å². The summed E-state index contributed by atoms with van der Waals surface area (Å²) in [6.45, 7) is 8.88. The van der Waals surface area contributed by atoms with Crippen molar-refractivity contribution in [2.24, 2.45) is 0 Å². The van der Waals surface area contributed by atoms with E-state index < -0.39 is 0 Å². The molecule has 9 nitrogen and oxygen atoms in total. The minimum atomic E-state index is -0.270. The molecule has 0 aliphatic carbocycles. The average Bonchev–Trinajstić information content (AvgIpc) is 3.52. The molecule has 1 saturated heterocycles. The van der Waals surface area contributed by atoms with E-state index in [4.69, 9.17) is 15.6 Å². The fourth-order valence-electron chi connectivity index (χ4n) is 5.05. The van der Waals surface area contributed by atoms with Gasteiger partial charge in [-0.3, -0.25) is 9.67 Å². The van der Waals surface area contributed by atoms with Crippen molar-refractivity contribution in [3.8, 4) is 17.0 Å². The van der Waals surface area contributed by atoms with Crippen LogP contribution < -0.4 is 15.8 Å². The quantitative estimate of drug-likeness (QED) is 0.602. The topological polar surface area (TPSA) is 111 Å². The maximum absolute atomic E-state index is 12.4. The summed E-state index contributed by atoms with van der Waals surface area (Å²) in [6.07, 6.45) is 5.19. The van der Waals surface area contributed by atoms with Gasteiger partial charge in [0.15, 0.2) is 11.6 Å². The molecule has 3 N–H and O–H groups in total. The zero-order valence-corrected chi connectivity index (χ0v) is 19.9. The van der Waals surface area contributed by atoms with E-state index in [0.717, 1.165) is 55.0 Å². The first-order valence-corrected chi connectivity index (χ1v) is 11.8. The number of anilines is 1. The second-order valence-corrected chi connectivity index (χ2v) is 9.30. The number of hydrogen-bond donors (Lipinski definition) is 2. The fourth-order valence-corrected chi connectivity index (χ4v) is 5.05. The number of nitrogens with one attached hydrogen (secondary N) is 1. The molecule has 34 heavy (non-hydrogen) atoms. The Morgan fingerprint density at radius 1 is 1.26 bits per heavy atom. The summed E-state index contributed by atoms with van der Waals surface area (Å²) in [6, 6.07) is 8.01. The first-order chi connectivity index (χ1) is 16.4. The van der Waals surface area contributed by atoms with Gasteiger partial charge in [-0.15, -0.1) is 0 Å². The number of nitrogen functional groups attached to an aromatic ring is 1. The van der Waals surface area contributed by atoms with Gasteiger partial charge in [-0.05, 0) is 63.4 Å². The molecule has 3 aromatic heterocycles. The second-order valence-electron chi connectivity index (χ2n) is 9.30. The molecule has 2 atom stereocenters. The van der Waals surface area contributed by atoms with E-state index in [2.05, 4.69) is 26.0 Å². The van der Waals surface area contributed by atoms with Crippen LogP contribution >= 0.6 is 0 Å². The van der Waals surface area contributed by atoms with Crippen LogP contribution in [0.25, 0.3) is 11.3 Å². The molecule has 2 aliphatic rings. The number of nitrogens with zero attached hydrogens (tertiary/aromatic N) is 5. The molecule has 1 fully saturated rings. The van der Waals surface area contributed by atoms with E-state index in [1.807, 2.05) is 43.9 Å². The summed E-state index contributed by atoms with van der Waals surface area (Å²) in [7, 11) is 0. The van der Waals surface area contributed by atoms with Crippen LogP contribution in [0.1, 0.15) is 49.7 Å². The van der Waals surface area contributed by atoms with Crippen molar-refractivity contribution >= 4 is 11.8 Å². The van der Waals surface area contributed by atoms with Crippen molar-refractivity contribution in [2.75, 3.05) is 25.4 Å². The minimum Gasteiger partial charge on any atom is -0.481 e. The summed E-state index contributed by atoms with van der Waals surface area (Å²) in [5, 5.41) is 7.77. The Hall–Kier alpha value is -3.62. The third-order valence-electron chi connectivity index (χ3n) is 6.93. The third kappa shape index (κ3) is 3.95. The van der Waals surface area contributed by atoms with Crippen LogP contribution in [0.5, 0.6) is 5.75 Å². The lowest BCUT2D eigenvalue weighted by Crippen LogP contribution is -2.40. The van der Waals surface area contributed by atoms with Crippen LogP contribution in [0.4, 0.5) is 10.6 Å². The highest BCUT2D eigenvalue weighted by molar-refractivity contribution is 5.75. The van der Waals surface area contributed by atoms with E-state index >= 15 is 0 Å². The van der Waals surface area contributed by atoms with Gasteiger partial charge in [-0.1, -0.05) is 0 Å². The smallest absolute Gasteiger partial charge is 0.317 e. The van der Waals surface area contributed by atoms with Crippen molar-refractivity contribution < 1.29 is 9.53 Å². The fraction of sp³-hybridized carbons (Fsp3) is 0.440. The number of fused-ring (bicyclic) bond motifs is 2. The van der Waals surface area contributed by atoms with Crippen LogP contribution in [0.15, 0.2) is 36.7 Å². The molecule has 0 bridgehead atoms. The highest BCUT2D eigenvalue weighted by Crippen LogP contribution is 2.44. The van der Waals surface area contributed by atoms with Gasteiger partial charge in [0.1, 0.15) is 6.10 Å². The SMILES string of the molecule is CCNC(=O)N1CC[C@@]2(CCn3nc(-c4cnc(N)c(OC(C)c5cc(C)ccn5)c4)cc32)C1. The number of carbonyl (C=O) groups excluding carboxylic acids is 1. The Bertz CT molecular complexity index is 1220. The largest absolute Gasteiger partial charge is 0.481 e. The van der Waals surface area contributed by atoms with Gasteiger partial charge in [-0.25, -0.2) is 9.78 Å². The van der Waals surface area contributed by atoms with E-state index in [-0.39, 0.29) is 17.6 Å². The van der Waals surface area contributed by atoms with Crippen molar-refractivity contribution in [3.63, 3.8) is 0 Å². The minimum absolute atomic E-state index is 0.0132. The zero-order valence-electron chi connectivity index (χ0n) is 19.9. The van der Waals surface area contributed by atoms with E-state index in [1.165, 1.54) is 5.69 Å². The Labute approximate surface area is 199 Å². The summed E-state index contributed by atoms with van der Waals surface area (Å²) >= 11 is 0. The molecule has 0 radical (unpaired) electrons. The number of rotatable bonds is 5. The van der Waals surface area contributed by atoms with Crippen molar-refractivity contribution in [1.29, 1.82) is 0 Å². The molecule has 5 rings (SSSR count). The molecule has 2 aliphatic heterocycles. The average molecular weight is 462 g/mol. The number of nitrogens with two attached hydrogens (primary N) is 1. The number of aromatic nitrogens is 4. The highest BCUT2D eigenvalue weighted by atomic mass is 16.5. The summed E-state index contributed by atoms with van der Waals surface area (Å²) in [4.78, 5) is 23.1. The Kier molecular flexibility index (Phi) is 5.63. The number of carbonyl (C=O) groups is 1. The maximum Gasteiger partial charge on any atom is 0.317 e. The Morgan fingerprint density at radius 3 is 2.88 bits per heavy atom. The van der Waals surface area contributed by atoms with Crippen LogP contribution in [-0.4, -0.2) is 50.3 Å². The van der Waals surface area contributed by atoms with Crippen molar-refractivity contribution in [1.82, 2.24) is 30.0 Å². The number of likely N-dealkylation sites (tertiary alicyclic amines) is 1. The molecule has 3 aromatic rings. The van der Waals surface area contributed by atoms with Gasteiger partial charge >= 0.3 is 6.03 Å². The molecular weight excluding hydrogens is 430 g/mol. The molecular formula is C25H31N7O2. The molecule has 178 valence electrons. The van der Waals surface area contributed by atoms with E-state index in [9.17, 15) is 4.79 Å². The lowest BCUT2D eigenvalue weighted by Gasteiger charge is -2.23. The molecule has 9 heteroatoms. The van der Waals surface area contributed by atoms with Gasteiger partial charge in [-0.2, -0.15) is 5.10 Å². The predicted octanol–water partition coefficient (Wildman–Crippen LogP) is 3.45.